The van der Waals surface area contributed by atoms with Gasteiger partial charge in [0.1, 0.15) is 0 Å². The Bertz CT molecular complexity index is 630. The van der Waals surface area contributed by atoms with E-state index in [-0.39, 0.29) is 0 Å². The Morgan fingerprint density at radius 2 is 1.72 bits per heavy atom. The third kappa shape index (κ3) is 2.24. The lowest BCUT2D eigenvalue weighted by molar-refractivity contribution is 0.657. The van der Waals surface area contributed by atoms with Crippen LogP contribution in [-0.4, -0.2) is 14.6 Å². The number of benzene rings is 1. The van der Waals surface area contributed by atoms with Crippen LogP contribution in [0.5, 0.6) is 0 Å². The summed E-state index contributed by atoms with van der Waals surface area (Å²) in [5, 5.41) is 11.7. The lowest BCUT2D eigenvalue weighted by atomic mass is 10.2. The molecule has 4 nitrogen and oxygen atoms in total. The molecule has 0 radical (unpaired) electrons. The van der Waals surface area contributed by atoms with E-state index in [9.17, 15) is 0 Å². The topological polar surface area (TPSA) is 42.2 Å². The third-order valence-electron chi connectivity index (χ3n) is 2.84. The van der Waals surface area contributed by atoms with Gasteiger partial charge in [-0.2, -0.15) is 0 Å². The molecule has 0 aliphatic heterocycles. The second-order valence-corrected chi connectivity index (χ2v) is 4.13. The number of fused-ring (bicyclic) bond motifs is 1. The Balaban J connectivity index is 1.67. The van der Waals surface area contributed by atoms with Crippen LogP contribution in [0.15, 0.2) is 54.7 Å². The number of aromatic nitrogens is 3. The summed E-state index contributed by atoms with van der Waals surface area (Å²) in [5.41, 5.74) is 2.15. The molecule has 3 aromatic rings. The molecule has 1 N–H and O–H groups in total. The minimum atomic E-state index is 0.708. The zero-order chi connectivity index (χ0) is 12.2. The first-order valence-corrected chi connectivity index (χ1v) is 5.97. The first-order valence-electron chi connectivity index (χ1n) is 5.97. The molecule has 0 unspecified atom stereocenters. The molecule has 0 amide bonds. The van der Waals surface area contributed by atoms with Gasteiger partial charge in [-0.05, 0) is 17.7 Å². The SMILES string of the molecule is c1ccc(CNCc2nnc3ccccn23)cc1. The van der Waals surface area contributed by atoms with Crippen LogP contribution in [0.1, 0.15) is 11.4 Å². The van der Waals surface area contributed by atoms with Gasteiger partial charge in [0.2, 0.25) is 0 Å². The molecule has 2 heterocycles. The lowest BCUT2D eigenvalue weighted by Gasteiger charge is -2.03. The summed E-state index contributed by atoms with van der Waals surface area (Å²) < 4.78 is 2.00. The highest BCUT2D eigenvalue weighted by atomic mass is 15.3. The predicted molar refractivity (Wildman–Crippen MR) is 70.0 cm³/mol. The summed E-state index contributed by atoms with van der Waals surface area (Å²) >= 11 is 0. The Hall–Kier alpha value is -2.20. The maximum atomic E-state index is 4.18. The molecule has 1 aromatic carbocycles. The van der Waals surface area contributed by atoms with Crippen LogP contribution in [0.25, 0.3) is 5.65 Å². The van der Waals surface area contributed by atoms with Crippen molar-refractivity contribution in [3.8, 4) is 0 Å². The van der Waals surface area contributed by atoms with Crippen molar-refractivity contribution in [2.45, 2.75) is 13.1 Å². The van der Waals surface area contributed by atoms with E-state index in [4.69, 9.17) is 0 Å². The number of hydrogen-bond acceptors (Lipinski definition) is 3. The van der Waals surface area contributed by atoms with Crippen molar-refractivity contribution in [1.29, 1.82) is 0 Å². The van der Waals surface area contributed by atoms with E-state index >= 15 is 0 Å². The Morgan fingerprint density at radius 3 is 2.61 bits per heavy atom. The molecule has 0 aliphatic rings. The maximum Gasteiger partial charge on any atom is 0.160 e. The zero-order valence-corrected chi connectivity index (χ0v) is 9.95. The van der Waals surface area contributed by atoms with Crippen molar-refractivity contribution in [3.05, 3.63) is 66.1 Å². The minimum Gasteiger partial charge on any atom is -0.306 e. The van der Waals surface area contributed by atoms with Crippen LogP contribution >= 0.6 is 0 Å². The molecule has 0 spiro atoms. The molecule has 90 valence electrons. The lowest BCUT2D eigenvalue weighted by Crippen LogP contribution is -2.14. The number of nitrogens with one attached hydrogen (secondary N) is 1. The van der Waals surface area contributed by atoms with E-state index < -0.39 is 0 Å². The minimum absolute atomic E-state index is 0.708. The summed E-state index contributed by atoms with van der Waals surface area (Å²) in [6, 6.07) is 16.2. The van der Waals surface area contributed by atoms with Gasteiger partial charge in [0.25, 0.3) is 0 Å². The molecule has 3 rings (SSSR count). The molecule has 0 fully saturated rings. The molecule has 2 aromatic heterocycles. The second kappa shape index (κ2) is 4.98. The number of pyridine rings is 1. The fourth-order valence-electron chi connectivity index (χ4n) is 1.93. The summed E-state index contributed by atoms with van der Waals surface area (Å²) in [6.07, 6.45) is 1.98. The molecular weight excluding hydrogens is 224 g/mol. The van der Waals surface area contributed by atoms with E-state index in [1.807, 2.05) is 47.0 Å². The average molecular weight is 238 g/mol. The number of nitrogens with zero attached hydrogens (tertiary/aromatic N) is 3. The van der Waals surface area contributed by atoms with Crippen molar-refractivity contribution < 1.29 is 0 Å². The predicted octanol–water partition coefficient (Wildman–Crippen LogP) is 2.02. The summed E-state index contributed by atoms with van der Waals surface area (Å²) in [7, 11) is 0. The average Bonchev–Trinajstić information content (AvgIpc) is 2.84. The van der Waals surface area contributed by atoms with E-state index in [2.05, 4.69) is 27.6 Å². The Morgan fingerprint density at radius 1 is 0.889 bits per heavy atom. The highest BCUT2D eigenvalue weighted by Gasteiger charge is 2.03. The maximum absolute atomic E-state index is 4.18. The van der Waals surface area contributed by atoms with Crippen molar-refractivity contribution in [3.63, 3.8) is 0 Å². The van der Waals surface area contributed by atoms with Gasteiger partial charge in [-0.25, -0.2) is 0 Å². The van der Waals surface area contributed by atoms with Crippen molar-refractivity contribution >= 4 is 5.65 Å². The van der Waals surface area contributed by atoms with Crippen LogP contribution < -0.4 is 5.32 Å². The molecule has 18 heavy (non-hydrogen) atoms. The van der Waals surface area contributed by atoms with Crippen LogP contribution in [0, 0.1) is 0 Å². The summed E-state index contributed by atoms with van der Waals surface area (Å²) in [6.45, 7) is 1.54. The van der Waals surface area contributed by atoms with E-state index in [1.165, 1.54) is 5.56 Å². The Kier molecular flexibility index (Phi) is 3.02. The van der Waals surface area contributed by atoms with E-state index in [0.717, 1.165) is 18.0 Å². The van der Waals surface area contributed by atoms with E-state index in [1.54, 1.807) is 0 Å². The molecular formula is C14H14N4. The molecule has 0 bridgehead atoms. The molecule has 0 saturated heterocycles. The molecule has 4 heteroatoms. The van der Waals surface area contributed by atoms with Gasteiger partial charge in [-0.3, -0.25) is 4.40 Å². The van der Waals surface area contributed by atoms with Gasteiger partial charge in [0, 0.05) is 12.7 Å². The van der Waals surface area contributed by atoms with Crippen LogP contribution in [0.2, 0.25) is 0 Å². The first-order chi connectivity index (χ1) is 8.93. The number of rotatable bonds is 4. The first kappa shape index (κ1) is 10.9. The quantitative estimate of drug-likeness (QED) is 0.756. The van der Waals surface area contributed by atoms with Crippen molar-refractivity contribution in [2.75, 3.05) is 0 Å². The van der Waals surface area contributed by atoms with Crippen LogP contribution in [0.3, 0.4) is 0 Å². The number of hydrogen-bond donors (Lipinski definition) is 1. The fraction of sp³-hybridized carbons (Fsp3) is 0.143. The third-order valence-corrected chi connectivity index (χ3v) is 2.84. The van der Waals surface area contributed by atoms with E-state index in [0.29, 0.717) is 6.54 Å². The highest BCUT2D eigenvalue weighted by Crippen LogP contribution is 2.03. The normalized spacial score (nSPS) is 10.9. The second-order valence-electron chi connectivity index (χ2n) is 4.13. The van der Waals surface area contributed by atoms with Crippen molar-refractivity contribution in [1.82, 2.24) is 19.9 Å². The standard InChI is InChI=1S/C14H14N4/c1-2-6-12(7-3-1)10-15-11-14-17-16-13-8-4-5-9-18(13)14/h1-9,15H,10-11H2. The monoisotopic (exact) mass is 238 g/mol. The molecule has 0 aliphatic carbocycles. The van der Waals surface area contributed by atoms with Gasteiger partial charge in [-0.15, -0.1) is 10.2 Å². The van der Waals surface area contributed by atoms with Gasteiger partial charge < -0.3 is 5.32 Å². The molecule has 0 atom stereocenters. The van der Waals surface area contributed by atoms with Crippen LogP contribution in [0.4, 0.5) is 0 Å². The smallest absolute Gasteiger partial charge is 0.160 e. The highest BCUT2D eigenvalue weighted by molar-refractivity contribution is 5.36. The zero-order valence-electron chi connectivity index (χ0n) is 9.95. The van der Waals surface area contributed by atoms with Crippen molar-refractivity contribution in [2.24, 2.45) is 0 Å². The van der Waals surface area contributed by atoms with Gasteiger partial charge in [0.05, 0.1) is 6.54 Å². The van der Waals surface area contributed by atoms with Gasteiger partial charge >= 0.3 is 0 Å². The summed E-state index contributed by atoms with van der Waals surface area (Å²) in [5.74, 6) is 0.932. The van der Waals surface area contributed by atoms with Gasteiger partial charge in [0.15, 0.2) is 11.5 Å². The molecule has 0 saturated carbocycles. The van der Waals surface area contributed by atoms with Crippen LogP contribution in [-0.2, 0) is 13.1 Å². The Labute approximate surface area is 105 Å². The fourth-order valence-corrected chi connectivity index (χ4v) is 1.93. The largest absolute Gasteiger partial charge is 0.306 e. The summed E-state index contributed by atoms with van der Waals surface area (Å²) in [4.78, 5) is 0. The van der Waals surface area contributed by atoms with Gasteiger partial charge in [-0.1, -0.05) is 36.4 Å².